The van der Waals surface area contributed by atoms with Crippen molar-refractivity contribution >= 4 is 23.1 Å². The van der Waals surface area contributed by atoms with Crippen LogP contribution in [0.15, 0.2) is 85.5 Å². The van der Waals surface area contributed by atoms with Crippen molar-refractivity contribution in [3.63, 3.8) is 0 Å². The first-order valence-corrected chi connectivity index (χ1v) is 11.8. The van der Waals surface area contributed by atoms with Gasteiger partial charge in [-0.15, -0.1) is 0 Å². The predicted molar refractivity (Wildman–Crippen MR) is 139 cm³/mol. The molecule has 0 bridgehead atoms. The van der Waals surface area contributed by atoms with Crippen LogP contribution in [0.5, 0.6) is 0 Å². The fraction of sp³-hybridized carbons (Fsp3) is 0.185. The molecule has 1 fully saturated rings. The highest BCUT2D eigenvalue weighted by Gasteiger charge is 2.15. The van der Waals surface area contributed by atoms with Crippen LogP contribution < -0.4 is 10.2 Å². The fourth-order valence-corrected chi connectivity index (χ4v) is 4.34. The van der Waals surface area contributed by atoms with Gasteiger partial charge in [0.15, 0.2) is 0 Å². The summed E-state index contributed by atoms with van der Waals surface area (Å²) in [5.41, 5.74) is 5.71. The van der Waals surface area contributed by atoms with Gasteiger partial charge < -0.3 is 15.1 Å². The molecule has 1 aliphatic rings. The normalized spacial score (nSPS) is 14.4. The van der Waals surface area contributed by atoms with Gasteiger partial charge in [0.1, 0.15) is 11.5 Å². The molecule has 5 aromatic rings. The zero-order valence-electron chi connectivity index (χ0n) is 19.5. The van der Waals surface area contributed by atoms with Crippen molar-refractivity contribution in [1.29, 1.82) is 0 Å². The first-order valence-electron chi connectivity index (χ1n) is 11.8. The molecule has 6 rings (SSSR count). The van der Waals surface area contributed by atoms with E-state index in [4.69, 9.17) is 4.98 Å². The first kappa shape index (κ1) is 21.2. The molecule has 1 aliphatic heterocycles. The van der Waals surface area contributed by atoms with Gasteiger partial charge in [0.25, 0.3) is 0 Å². The third kappa shape index (κ3) is 4.43. The van der Waals surface area contributed by atoms with Gasteiger partial charge in [0.05, 0.1) is 29.5 Å². The number of imidazole rings is 1. The molecule has 1 saturated heterocycles. The number of anilines is 3. The summed E-state index contributed by atoms with van der Waals surface area (Å²) >= 11 is 0. The van der Waals surface area contributed by atoms with E-state index in [1.807, 2.05) is 54.9 Å². The number of likely N-dealkylation sites (N-methyl/N-ethyl adjacent to an activating group) is 1. The van der Waals surface area contributed by atoms with Gasteiger partial charge in [-0.25, -0.2) is 19.9 Å². The van der Waals surface area contributed by atoms with Crippen LogP contribution in [0.4, 0.5) is 17.5 Å². The van der Waals surface area contributed by atoms with Gasteiger partial charge in [-0.05, 0) is 48.5 Å². The van der Waals surface area contributed by atoms with Gasteiger partial charge in [0.2, 0.25) is 5.95 Å². The van der Waals surface area contributed by atoms with Crippen LogP contribution in [0, 0.1) is 0 Å². The highest BCUT2D eigenvalue weighted by atomic mass is 15.3. The van der Waals surface area contributed by atoms with Crippen molar-refractivity contribution in [3.05, 3.63) is 85.5 Å². The smallest absolute Gasteiger partial charge is 0.227 e. The van der Waals surface area contributed by atoms with E-state index >= 15 is 0 Å². The molecule has 8 heteroatoms. The molecule has 1 N–H and O–H groups in total. The van der Waals surface area contributed by atoms with Crippen LogP contribution in [-0.2, 0) is 0 Å². The number of nitrogens with zero attached hydrogens (tertiary/aromatic N) is 7. The number of piperazine rings is 1. The molecule has 0 radical (unpaired) electrons. The van der Waals surface area contributed by atoms with Crippen LogP contribution in [0.1, 0.15) is 0 Å². The number of pyridine rings is 2. The zero-order chi connectivity index (χ0) is 23.6. The van der Waals surface area contributed by atoms with Crippen molar-refractivity contribution < 1.29 is 0 Å². The Bertz CT molecular complexity index is 1440. The molecule has 0 amide bonds. The van der Waals surface area contributed by atoms with E-state index < -0.39 is 0 Å². The topological polar surface area (TPSA) is 74.5 Å². The highest BCUT2D eigenvalue weighted by Crippen LogP contribution is 2.25. The molecule has 35 heavy (non-hydrogen) atoms. The fourth-order valence-electron chi connectivity index (χ4n) is 4.34. The van der Waals surface area contributed by atoms with E-state index in [-0.39, 0.29) is 0 Å². The van der Waals surface area contributed by atoms with Crippen molar-refractivity contribution in [1.82, 2.24) is 29.2 Å². The largest absolute Gasteiger partial charge is 0.354 e. The molecule has 5 heterocycles. The van der Waals surface area contributed by atoms with Crippen molar-refractivity contribution in [2.75, 3.05) is 43.4 Å². The molecule has 8 nitrogen and oxygen atoms in total. The second-order valence-electron chi connectivity index (χ2n) is 8.74. The average Bonchev–Trinajstić information content (AvgIpc) is 3.34. The minimum Gasteiger partial charge on any atom is -0.354 e. The lowest BCUT2D eigenvalue weighted by atomic mass is 10.1. The van der Waals surface area contributed by atoms with Crippen molar-refractivity contribution in [3.8, 4) is 22.5 Å². The lowest BCUT2D eigenvalue weighted by Crippen LogP contribution is -2.44. The Labute approximate surface area is 203 Å². The molecule has 1 aromatic carbocycles. The number of benzene rings is 1. The number of hydrogen-bond donors (Lipinski definition) is 1. The maximum absolute atomic E-state index is 4.76. The summed E-state index contributed by atoms with van der Waals surface area (Å²) in [5, 5.41) is 3.29. The lowest BCUT2D eigenvalue weighted by Gasteiger charge is -2.33. The SMILES string of the molecule is CN1CCN(c2ccc(Nc3nccc(-c4cnc5ccc(-c6ccccc6)cn45)n3)cn2)CC1. The lowest BCUT2D eigenvalue weighted by molar-refractivity contribution is 0.312. The van der Waals surface area contributed by atoms with Gasteiger partial charge in [0, 0.05) is 38.6 Å². The number of aromatic nitrogens is 5. The van der Waals surface area contributed by atoms with Crippen LogP contribution >= 0.6 is 0 Å². The maximum atomic E-state index is 4.76. The summed E-state index contributed by atoms with van der Waals surface area (Å²) in [6.45, 7) is 4.09. The highest BCUT2D eigenvalue weighted by molar-refractivity contribution is 5.68. The van der Waals surface area contributed by atoms with Gasteiger partial charge in [-0.1, -0.05) is 30.3 Å². The van der Waals surface area contributed by atoms with Gasteiger partial charge in [-0.3, -0.25) is 4.40 Å². The van der Waals surface area contributed by atoms with Crippen LogP contribution in [0.2, 0.25) is 0 Å². The molecule has 0 atom stereocenters. The number of rotatable bonds is 5. The van der Waals surface area contributed by atoms with Crippen molar-refractivity contribution in [2.45, 2.75) is 0 Å². The van der Waals surface area contributed by atoms with Gasteiger partial charge >= 0.3 is 0 Å². The van der Waals surface area contributed by atoms with Crippen LogP contribution in [-0.4, -0.2) is 62.5 Å². The Morgan fingerprint density at radius 2 is 1.63 bits per heavy atom. The summed E-state index contributed by atoms with van der Waals surface area (Å²) in [6, 6.07) is 20.4. The quantitative estimate of drug-likeness (QED) is 0.416. The predicted octanol–water partition coefficient (Wildman–Crippen LogP) is 4.35. The summed E-state index contributed by atoms with van der Waals surface area (Å²) in [4.78, 5) is 23.0. The standard InChI is InChI=1S/C27H26N8/c1-33-13-15-34(16-14-33)25-10-8-22(17-29-25)31-27-28-12-11-23(32-27)24-18-30-26-9-7-21(19-35(24)26)20-5-3-2-4-6-20/h2-12,17-19H,13-16H2,1H3,(H,28,31,32). The summed E-state index contributed by atoms with van der Waals surface area (Å²) in [6.07, 6.45) is 7.55. The Balaban J connectivity index is 1.24. The number of hydrogen-bond acceptors (Lipinski definition) is 7. The molecule has 0 spiro atoms. The molecule has 0 saturated carbocycles. The molecule has 4 aromatic heterocycles. The molecule has 0 aliphatic carbocycles. The van der Waals surface area contributed by atoms with Crippen LogP contribution in [0.3, 0.4) is 0 Å². The first-order chi connectivity index (χ1) is 17.2. The third-order valence-electron chi connectivity index (χ3n) is 6.36. The van der Waals surface area contributed by atoms with E-state index in [0.717, 1.165) is 65.8 Å². The van der Waals surface area contributed by atoms with E-state index in [0.29, 0.717) is 5.95 Å². The van der Waals surface area contributed by atoms with E-state index in [1.165, 1.54) is 0 Å². The Morgan fingerprint density at radius 1 is 0.771 bits per heavy atom. The number of fused-ring (bicyclic) bond motifs is 1. The number of nitrogens with one attached hydrogen (secondary N) is 1. The third-order valence-corrected chi connectivity index (χ3v) is 6.36. The molecular weight excluding hydrogens is 436 g/mol. The Morgan fingerprint density at radius 3 is 2.43 bits per heavy atom. The molecule has 174 valence electrons. The van der Waals surface area contributed by atoms with Crippen molar-refractivity contribution in [2.24, 2.45) is 0 Å². The molecule has 0 unspecified atom stereocenters. The zero-order valence-corrected chi connectivity index (χ0v) is 19.5. The minimum atomic E-state index is 0.519. The summed E-state index contributed by atoms with van der Waals surface area (Å²) in [5.74, 6) is 1.52. The maximum Gasteiger partial charge on any atom is 0.227 e. The van der Waals surface area contributed by atoms with Crippen LogP contribution in [0.25, 0.3) is 28.2 Å². The summed E-state index contributed by atoms with van der Waals surface area (Å²) in [7, 11) is 2.15. The average molecular weight is 463 g/mol. The second-order valence-corrected chi connectivity index (χ2v) is 8.74. The molecular formula is C27H26N8. The monoisotopic (exact) mass is 462 g/mol. The minimum absolute atomic E-state index is 0.519. The summed E-state index contributed by atoms with van der Waals surface area (Å²) < 4.78 is 2.07. The van der Waals surface area contributed by atoms with Gasteiger partial charge in [-0.2, -0.15) is 0 Å². The van der Waals surface area contributed by atoms with E-state index in [1.54, 1.807) is 6.20 Å². The van der Waals surface area contributed by atoms with E-state index in [2.05, 4.69) is 65.9 Å². The van der Waals surface area contributed by atoms with E-state index in [9.17, 15) is 0 Å². The second kappa shape index (κ2) is 9.15. The Kier molecular flexibility index (Phi) is 5.56. The Hall–Kier alpha value is -4.30.